The second kappa shape index (κ2) is 9.94. The van der Waals surface area contributed by atoms with Crippen molar-refractivity contribution in [3.8, 4) is 22.8 Å². The molecule has 10 heteroatoms. The lowest BCUT2D eigenvalue weighted by atomic mass is 10.1. The Balaban J connectivity index is 1.64. The van der Waals surface area contributed by atoms with Crippen LogP contribution in [0, 0.1) is 0 Å². The maximum Gasteiger partial charge on any atom is 0.320 e. The standard InChI is InChI=1S/C22H26N4O5S/c1-26(2)17-9-5-15(6-10-17)20-14-24-21(31-20)16-7-11-18(12-8-16)32(29,30)25-13-3-4-19(23)22(27)28/h5-12,14,19,25H,3-4,13,23H2,1-2H3,(H,27,28). The molecule has 0 radical (unpaired) electrons. The molecule has 3 rings (SSSR count). The minimum Gasteiger partial charge on any atom is -0.480 e. The van der Waals surface area contributed by atoms with Crippen LogP contribution in [0.25, 0.3) is 22.8 Å². The van der Waals surface area contributed by atoms with Gasteiger partial charge in [-0.1, -0.05) is 0 Å². The molecule has 0 aliphatic heterocycles. The minimum absolute atomic E-state index is 0.0924. The van der Waals surface area contributed by atoms with Crippen LogP contribution in [0.15, 0.2) is 64.0 Å². The molecule has 0 saturated heterocycles. The first-order chi connectivity index (χ1) is 15.2. The number of oxazole rings is 1. The number of nitrogens with one attached hydrogen (secondary N) is 1. The normalized spacial score (nSPS) is 12.5. The maximum atomic E-state index is 12.4. The van der Waals surface area contributed by atoms with Gasteiger partial charge in [-0.05, 0) is 61.4 Å². The van der Waals surface area contributed by atoms with Crippen molar-refractivity contribution in [3.63, 3.8) is 0 Å². The van der Waals surface area contributed by atoms with Gasteiger partial charge in [0.2, 0.25) is 15.9 Å². The van der Waals surface area contributed by atoms with E-state index in [1.165, 1.54) is 12.1 Å². The van der Waals surface area contributed by atoms with Crippen LogP contribution in [0.5, 0.6) is 0 Å². The van der Waals surface area contributed by atoms with Gasteiger partial charge in [-0.2, -0.15) is 0 Å². The molecule has 4 N–H and O–H groups in total. The number of hydrogen-bond donors (Lipinski definition) is 3. The first-order valence-electron chi connectivity index (χ1n) is 9.99. The van der Waals surface area contributed by atoms with Crippen molar-refractivity contribution in [3.05, 3.63) is 54.7 Å². The SMILES string of the molecule is CN(C)c1ccc(-c2cnc(-c3ccc(S(=O)(=O)NCCCC(N)C(=O)O)cc3)o2)cc1. The van der Waals surface area contributed by atoms with E-state index in [1.807, 2.05) is 43.3 Å². The van der Waals surface area contributed by atoms with E-state index < -0.39 is 22.0 Å². The molecular weight excluding hydrogens is 432 g/mol. The number of benzene rings is 2. The molecule has 9 nitrogen and oxygen atoms in total. The molecular formula is C22H26N4O5S. The number of sulfonamides is 1. The number of carbonyl (C=O) groups is 1. The Hall–Kier alpha value is -3.21. The third kappa shape index (κ3) is 5.72. The largest absolute Gasteiger partial charge is 0.480 e. The molecule has 3 aromatic rings. The first kappa shape index (κ1) is 23.5. The zero-order valence-electron chi connectivity index (χ0n) is 17.9. The Morgan fingerprint density at radius 1 is 1.12 bits per heavy atom. The van der Waals surface area contributed by atoms with Crippen LogP contribution in [-0.4, -0.2) is 51.2 Å². The summed E-state index contributed by atoms with van der Waals surface area (Å²) < 4.78 is 33.1. The van der Waals surface area contributed by atoms with E-state index in [-0.39, 0.29) is 17.9 Å². The van der Waals surface area contributed by atoms with Gasteiger partial charge in [-0.25, -0.2) is 18.1 Å². The average Bonchev–Trinajstić information content (AvgIpc) is 3.27. The lowest BCUT2D eigenvalue weighted by molar-refractivity contribution is -0.138. The van der Waals surface area contributed by atoms with Crippen LogP contribution in [0.3, 0.4) is 0 Å². The van der Waals surface area contributed by atoms with Crippen LogP contribution in [-0.2, 0) is 14.8 Å². The van der Waals surface area contributed by atoms with Gasteiger partial charge in [-0.3, -0.25) is 4.79 Å². The van der Waals surface area contributed by atoms with E-state index in [2.05, 4.69) is 9.71 Å². The number of anilines is 1. The number of aliphatic carboxylic acids is 1. The zero-order chi connectivity index (χ0) is 23.3. The van der Waals surface area contributed by atoms with Crippen molar-refractivity contribution in [2.45, 2.75) is 23.8 Å². The number of aromatic nitrogens is 1. The molecule has 2 aromatic carbocycles. The lowest BCUT2D eigenvalue weighted by Gasteiger charge is -2.11. The zero-order valence-corrected chi connectivity index (χ0v) is 18.7. The second-order valence-corrected chi connectivity index (χ2v) is 9.25. The van der Waals surface area contributed by atoms with Crippen molar-refractivity contribution >= 4 is 21.7 Å². The third-order valence-corrected chi connectivity index (χ3v) is 6.36. The summed E-state index contributed by atoms with van der Waals surface area (Å²) in [5.41, 5.74) is 8.02. The fourth-order valence-corrected chi connectivity index (χ4v) is 4.05. The summed E-state index contributed by atoms with van der Waals surface area (Å²) in [6, 6.07) is 13.1. The van der Waals surface area contributed by atoms with Crippen molar-refractivity contribution in [2.75, 3.05) is 25.5 Å². The number of carboxylic acid groups (broad SMARTS) is 1. The summed E-state index contributed by atoms with van der Waals surface area (Å²) in [5.74, 6) is -0.108. The van der Waals surface area contributed by atoms with E-state index in [9.17, 15) is 13.2 Å². The Morgan fingerprint density at radius 2 is 1.75 bits per heavy atom. The Morgan fingerprint density at radius 3 is 2.34 bits per heavy atom. The molecule has 32 heavy (non-hydrogen) atoms. The summed E-state index contributed by atoms with van der Waals surface area (Å²) in [5, 5.41) is 8.76. The van der Waals surface area contributed by atoms with E-state index in [1.54, 1.807) is 18.3 Å². The molecule has 0 bridgehead atoms. The summed E-state index contributed by atoms with van der Waals surface area (Å²) in [4.78, 5) is 17.1. The molecule has 1 atom stereocenters. The van der Waals surface area contributed by atoms with Crippen LogP contribution in [0.2, 0.25) is 0 Å². The molecule has 0 fully saturated rings. The fraction of sp³-hybridized carbons (Fsp3) is 0.273. The molecule has 1 unspecified atom stereocenters. The number of nitrogens with two attached hydrogens (primary N) is 1. The number of carboxylic acids is 1. The van der Waals surface area contributed by atoms with E-state index >= 15 is 0 Å². The monoisotopic (exact) mass is 458 g/mol. The molecule has 170 valence electrons. The smallest absolute Gasteiger partial charge is 0.320 e. The summed E-state index contributed by atoms with van der Waals surface area (Å²) in [6.07, 6.45) is 2.13. The van der Waals surface area contributed by atoms with Gasteiger partial charge in [-0.15, -0.1) is 0 Å². The fourth-order valence-electron chi connectivity index (χ4n) is 2.98. The highest BCUT2D eigenvalue weighted by Crippen LogP contribution is 2.28. The molecule has 1 aromatic heterocycles. The van der Waals surface area contributed by atoms with E-state index in [0.29, 0.717) is 23.6 Å². The van der Waals surface area contributed by atoms with Crippen LogP contribution in [0.1, 0.15) is 12.8 Å². The van der Waals surface area contributed by atoms with Gasteiger partial charge in [0.15, 0.2) is 5.76 Å². The third-order valence-electron chi connectivity index (χ3n) is 4.89. The highest BCUT2D eigenvalue weighted by molar-refractivity contribution is 7.89. The lowest BCUT2D eigenvalue weighted by Crippen LogP contribution is -2.32. The Bertz CT molecular complexity index is 1160. The highest BCUT2D eigenvalue weighted by Gasteiger charge is 2.16. The second-order valence-electron chi connectivity index (χ2n) is 7.48. The van der Waals surface area contributed by atoms with Crippen LogP contribution < -0.4 is 15.4 Å². The quantitative estimate of drug-likeness (QED) is 0.394. The summed E-state index contributed by atoms with van der Waals surface area (Å²) in [6.45, 7) is 0.0980. The van der Waals surface area contributed by atoms with Gasteiger partial charge in [0.1, 0.15) is 6.04 Å². The molecule has 0 amide bonds. The van der Waals surface area contributed by atoms with Gasteiger partial charge in [0, 0.05) is 37.5 Å². The Labute approximate surface area is 186 Å². The predicted molar refractivity (Wildman–Crippen MR) is 122 cm³/mol. The molecule has 0 saturated carbocycles. The Kier molecular flexibility index (Phi) is 7.29. The van der Waals surface area contributed by atoms with Crippen molar-refractivity contribution < 1.29 is 22.7 Å². The van der Waals surface area contributed by atoms with Crippen molar-refractivity contribution in [2.24, 2.45) is 5.73 Å². The predicted octanol–water partition coefficient (Wildman–Crippen LogP) is 2.54. The molecule has 1 heterocycles. The number of nitrogens with zero attached hydrogens (tertiary/aromatic N) is 2. The molecule has 0 spiro atoms. The number of hydrogen-bond acceptors (Lipinski definition) is 7. The van der Waals surface area contributed by atoms with Gasteiger partial charge < -0.3 is 20.2 Å². The van der Waals surface area contributed by atoms with Gasteiger partial charge in [0.05, 0.1) is 11.1 Å². The van der Waals surface area contributed by atoms with Crippen molar-refractivity contribution in [1.29, 1.82) is 0 Å². The summed E-state index contributed by atoms with van der Waals surface area (Å²) in [7, 11) is 0.217. The number of rotatable bonds is 10. The maximum absolute atomic E-state index is 12.4. The van der Waals surface area contributed by atoms with Crippen LogP contribution in [0.4, 0.5) is 5.69 Å². The topological polar surface area (TPSA) is 139 Å². The van der Waals surface area contributed by atoms with Gasteiger partial charge in [0.25, 0.3) is 0 Å². The molecule has 0 aliphatic rings. The van der Waals surface area contributed by atoms with E-state index in [0.717, 1.165) is 11.3 Å². The van der Waals surface area contributed by atoms with E-state index in [4.69, 9.17) is 15.3 Å². The summed E-state index contributed by atoms with van der Waals surface area (Å²) >= 11 is 0. The highest BCUT2D eigenvalue weighted by atomic mass is 32.2. The average molecular weight is 459 g/mol. The first-order valence-corrected chi connectivity index (χ1v) is 11.5. The van der Waals surface area contributed by atoms with Crippen molar-refractivity contribution in [1.82, 2.24) is 9.71 Å². The molecule has 0 aliphatic carbocycles. The van der Waals surface area contributed by atoms with Crippen LogP contribution >= 0.6 is 0 Å². The van der Waals surface area contributed by atoms with Gasteiger partial charge >= 0.3 is 5.97 Å². The minimum atomic E-state index is -3.72.